The summed E-state index contributed by atoms with van der Waals surface area (Å²) in [7, 11) is 0. The Hall–Kier alpha value is -1.20. The molecular weight excluding hydrogens is 264 g/mol. The van der Waals surface area contributed by atoms with Gasteiger partial charge in [0.15, 0.2) is 0 Å². The Morgan fingerprint density at radius 2 is 1.05 bits per heavy atom. The zero-order valence-corrected chi connectivity index (χ0v) is 13.6. The van der Waals surface area contributed by atoms with E-state index in [0.717, 1.165) is 6.42 Å². The largest absolute Gasteiger partial charge is 0.183 e. The van der Waals surface area contributed by atoms with Crippen molar-refractivity contribution in [2.24, 2.45) is 26.0 Å². The molecule has 1 N–H and O–H groups in total. The zero-order valence-electron chi connectivity index (χ0n) is 13.6. The van der Waals surface area contributed by atoms with Gasteiger partial charge in [-0.05, 0) is 27.3 Å². The van der Waals surface area contributed by atoms with Crippen molar-refractivity contribution in [2.45, 2.75) is 90.4 Å². The minimum absolute atomic E-state index is 0.689. The van der Waals surface area contributed by atoms with Crippen LogP contribution in [0.4, 0.5) is 0 Å². The Kier molecular flexibility index (Phi) is 17.7. The molecule has 0 heterocycles. The molecule has 0 aromatic carbocycles. The van der Waals surface area contributed by atoms with Crippen LogP contribution in [0.2, 0.25) is 0 Å². The molecule has 0 aliphatic carbocycles. The van der Waals surface area contributed by atoms with Gasteiger partial charge in [-0.15, -0.1) is 0 Å². The van der Waals surface area contributed by atoms with E-state index in [1.807, 2.05) is 0 Å². The smallest absolute Gasteiger partial charge is 0.0621 e. The summed E-state index contributed by atoms with van der Waals surface area (Å²) in [5, 5.41) is 16.2. The maximum Gasteiger partial charge on any atom is 0.0621 e. The van der Waals surface area contributed by atoms with Crippen LogP contribution >= 0.6 is 0 Å². The quantitative estimate of drug-likeness (QED) is 0.183. The third-order valence-corrected chi connectivity index (χ3v) is 3.55. The number of hydrogen-bond acceptors (Lipinski definition) is 2. The summed E-state index contributed by atoms with van der Waals surface area (Å²) in [5.41, 5.74) is 6.36. The van der Waals surface area contributed by atoms with Gasteiger partial charge in [0.05, 0.1) is 6.54 Å². The highest BCUT2D eigenvalue weighted by molar-refractivity contribution is 4.49. The first kappa shape index (κ1) is 19.8. The van der Waals surface area contributed by atoms with E-state index in [4.69, 9.17) is 5.53 Å². The topological polar surface area (TPSA) is 85.7 Å². The molecule has 0 aromatic heterocycles. The predicted molar refractivity (Wildman–Crippen MR) is 85.4 cm³/mol. The van der Waals surface area contributed by atoms with Crippen LogP contribution in [0.3, 0.4) is 0 Å². The predicted octanol–water partition coefficient (Wildman–Crippen LogP) is 6.84. The van der Waals surface area contributed by atoms with Crippen LogP contribution in [-0.2, 0) is 0 Å². The fraction of sp³-hybridized carbons (Fsp3) is 1.00. The maximum atomic E-state index is 6.36. The van der Waals surface area contributed by atoms with Crippen LogP contribution in [0.25, 0.3) is 0 Å². The second-order valence-electron chi connectivity index (χ2n) is 5.48. The third-order valence-electron chi connectivity index (χ3n) is 3.55. The summed E-state index contributed by atoms with van der Waals surface area (Å²) in [6, 6.07) is 0. The summed E-state index contributed by atoms with van der Waals surface area (Å²) in [4.78, 5) is 0. The highest BCUT2D eigenvalue weighted by Crippen LogP contribution is 2.12. The minimum atomic E-state index is 0.689. The lowest BCUT2D eigenvalue weighted by molar-refractivity contribution is 0.539. The Balaban J connectivity index is 3.04. The van der Waals surface area contributed by atoms with Gasteiger partial charge in [0, 0.05) is 0 Å². The van der Waals surface area contributed by atoms with E-state index in [1.165, 1.54) is 77.0 Å². The lowest BCUT2D eigenvalue weighted by Gasteiger charge is -2.02. The van der Waals surface area contributed by atoms with Crippen molar-refractivity contribution in [1.82, 2.24) is 0 Å². The van der Waals surface area contributed by atoms with Gasteiger partial charge in [-0.25, -0.2) is 0 Å². The van der Waals surface area contributed by atoms with Crippen molar-refractivity contribution < 1.29 is 0 Å². The molecule has 0 bridgehead atoms. The summed E-state index contributed by atoms with van der Waals surface area (Å²) >= 11 is 0. The van der Waals surface area contributed by atoms with E-state index in [1.54, 1.807) is 0 Å². The average molecular weight is 296 g/mol. The highest BCUT2D eigenvalue weighted by Gasteiger charge is 1.93. The molecule has 0 saturated carbocycles. The molecule has 0 amide bonds. The summed E-state index contributed by atoms with van der Waals surface area (Å²) < 4.78 is 0. The second-order valence-corrected chi connectivity index (χ2v) is 5.48. The van der Waals surface area contributed by atoms with E-state index >= 15 is 0 Å². The fourth-order valence-corrected chi connectivity index (χ4v) is 2.31. The minimum Gasteiger partial charge on any atom is -0.183 e. The molecule has 0 fully saturated rings. The van der Waals surface area contributed by atoms with Crippen LogP contribution in [0.5, 0.6) is 0 Å². The first-order valence-corrected chi connectivity index (χ1v) is 8.55. The van der Waals surface area contributed by atoms with Crippen molar-refractivity contribution >= 4 is 0 Å². The Labute approximate surface area is 129 Å². The molecule has 0 atom stereocenters. The maximum absolute atomic E-state index is 6.36. The van der Waals surface area contributed by atoms with Crippen LogP contribution in [-0.4, -0.2) is 6.54 Å². The van der Waals surface area contributed by atoms with Crippen LogP contribution in [0.1, 0.15) is 90.4 Å². The van der Waals surface area contributed by atoms with Crippen molar-refractivity contribution in [3.05, 3.63) is 0 Å². The summed E-state index contributed by atoms with van der Waals surface area (Å²) in [5.74, 6) is 0. The fourth-order valence-electron chi connectivity index (χ4n) is 2.31. The molecule has 0 radical (unpaired) electrons. The molecule has 0 aromatic rings. The van der Waals surface area contributed by atoms with Crippen molar-refractivity contribution in [3.63, 3.8) is 0 Å². The molecule has 0 unspecified atom stereocenters. The molecule has 0 saturated heterocycles. The van der Waals surface area contributed by atoms with Crippen LogP contribution < -0.4 is 0 Å². The zero-order chi connectivity index (χ0) is 15.4. The number of rotatable bonds is 16. The standard InChI is InChI=1S/C15H32N6/c1-2-3-4-5-6-7-8-9-10-11-12-13-14-15-17-19-21-20-18-16/h16H,2-15H2,1H3. The van der Waals surface area contributed by atoms with Crippen LogP contribution in [0.15, 0.2) is 26.0 Å². The normalized spacial score (nSPS) is 11.7. The monoisotopic (exact) mass is 296 g/mol. The van der Waals surface area contributed by atoms with E-state index in [0.29, 0.717) is 6.54 Å². The van der Waals surface area contributed by atoms with Gasteiger partial charge < -0.3 is 0 Å². The molecule has 21 heavy (non-hydrogen) atoms. The SMILES string of the molecule is CCCCCCCCCCCCCCCN=NN=NN=N. The van der Waals surface area contributed by atoms with Gasteiger partial charge in [-0.2, -0.15) is 10.6 Å². The molecular formula is C15H32N6. The van der Waals surface area contributed by atoms with Gasteiger partial charge >= 0.3 is 0 Å². The molecule has 122 valence electrons. The Morgan fingerprint density at radius 3 is 1.52 bits per heavy atom. The number of hydrogen-bond donors (Lipinski definition) is 1. The van der Waals surface area contributed by atoms with Crippen molar-refractivity contribution in [3.8, 4) is 0 Å². The molecule has 0 rings (SSSR count). The molecule has 0 aliphatic rings. The summed E-state index contributed by atoms with van der Waals surface area (Å²) in [6.07, 6.45) is 17.5. The Bertz CT molecular complexity index is 265. The van der Waals surface area contributed by atoms with Gasteiger partial charge in [-0.3, -0.25) is 0 Å². The van der Waals surface area contributed by atoms with Gasteiger partial charge in [0.2, 0.25) is 0 Å². The lowest BCUT2D eigenvalue weighted by atomic mass is 10.0. The van der Waals surface area contributed by atoms with Gasteiger partial charge in [-0.1, -0.05) is 84.0 Å². The third kappa shape index (κ3) is 18.8. The Morgan fingerprint density at radius 1 is 0.571 bits per heavy atom. The van der Waals surface area contributed by atoms with E-state index in [-0.39, 0.29) is 0 Å². The summed E-state index contributed by atoms with van der Waals surface area (Å²) in [6.45, 7) is 2.96. The molecule has 6 heteroatoms. The van der Waals surface area contributed by atoms with Gasteiger partial charge in [0.25, 0.3) is 0 Å². The lowest BCUT2D eigenvalue weighted by Crippen LogP contribution is -1.84. The highest BCUT2D eigenvalue weighted by atomic mass is 15.6. The van der Waals surface area contributed by atoms with E-state index in [2.05, 4.69) is 32.9 Å². The first-order valence-electron chi connectivity index (χ1n) is 8.55. The average Bonchev–Trinajstić information content (AvgIpc) is 2.50. The van der Waals surface area contributed by atoms with Gasteiger partial charge in [0.1, 0.15) is 0 Å². The molecule has 0 spiro atoms. The molecule has 0 aliphatic heterocycles. The molecule has 6 nitrogen and oxygen atoms in total. The second kappa shape index (κ2) is 18.8. The van der Waals surface area contributed by atoms with E-state index in [9.17, 15) is 0 Å². The van der Waals surface area contributed by atoms with Crippen molar-refractivity contribution in [2.75, 3.05) is 6.54 Å². The van der Waals surface area contributed by atoms with E-state index < -0.39 is 0 Å². The van der Waals surface area contributed by atoms with Crippen molar-refractivity contribution in [1.29, 1.82) is 5.53 Å². The number of nitrogens with one attached hydrogen (secondary N) is 1. The first-order chi connectivity index (χ1) is 10.4. The van der Waals surface area contributed by atoms with Crippen LogP contribution in [0, 0.1) is 5.53 Å². The number of nitrogens with zero attached hydrogens (tertiary/aromatic N) is 5. The number of unbranched alkanes of at least 4 members (excludes halogenated alkanes) is 12.